The summed E-state index contributed by atoms with van der Waals surface area (Å²) in [5, 5.41) is 12.7. The maximum Gasteiger partial charge on any atom is 0.255 e. The first-order valence-electron chi connectivity index (χ1n) is 6.06. The van der Waals surface area contributed by atoms with E-state index in [1.54, 1.807) is 18.2 Å². The van der Waals surface area contributed by atoms with Gasteiger partial charge in [-0.2, -0.15) is 0 Å². The molecular formula is C13H18N2O3. The number of hydrogen-bond donors (Lipinski definition) is 3. The molecule has 1 aromatic carbocycles. The molecule has 1 aromatic rings. The Labute approximate surface area is 106 Å². The van der Waals surface area contributed by atoms with E-state index in [0.29, 0.717) is 5.75 Å². The van der Waals surface area contributed by atoms with E-state index in [0.717, 1.165) is 19.3 Å². The SMILES string of the molecule is COc1cccc(C(=O)NC2CCCC2N)c1O. The van der Waals surface area contributed by atoms with Gasteiger partial charge in [0.2, 0.25) is 0 Å². The Kier molecular flexibility index (Phi) is 3.72. The first-order valence-corrected chi connectivity index (χ1v) is 6.06. The summed E-state index contributed by atoms with van der Waals surface area (Å²) in [5.41, 5.74) is 6.11. The van der Waals surface area contributed by atoms with Crippen LogP contribution in [0.5, 0.6) is 11.5 Å². The molecule has 0 bridgehead atoms. The zero-order chi connectivity index (χ0) is 13.1. The van der Waals surface area contributed by atoms with Crippen molar-refractivity contribution in [3.05, 3.63) is 23.8 Å². The van der Waals surface area contributed by atoms with E-state index in [1.807, 2.05) is 0 Å². The van der Waals surface area contributed by atoms with E-state index in [9.17, 15) is 9.90 Å². The summed E-state index contributed by atoms with van der Waals surface area (Å²) in [7, 11) is 1.45. The highest BCUT2D eigenvalue weighted by molar-refractivity contribution is 5.97. The van der Waals surface area contributed by atoms with E-state index in [-0.39, 0.29) is 29.3 Å². The van der Waals surface area contributed by atoms with Gasteiger partial charge in [-0.25, -0.2) is 0 Å². The molecule has 98 valence electrons. The van der Waals surface area contributed by atoms with Crippen LogP contribution in [0.4, 0.5) is 0 Å². The number of phenolic OH excluding ortho intramolecular Hbond substituents is 1. The lowest BCUT2D eigenvalue weighted by molar-refractivity contribution is 0.0931. The molecule has 0 aliphatic heterocycles. The van der Waals surface area contributed by atoms with E-state index >= 15 is 0 Å². The number of carbonyl (C=O) groups excluding carboxylic acids is 1. The number of nitrogens with two attached hydrogens (primary N) is 1. The van der Waals surface area contributed by atoms with Crippen LogP contribution in [-0.4, -0.2) is 30.2 Å². The molecule has 18 heavy (non-hydrogen) atoms. The summed E-state index contributed by atoms with van der Waals surface area (Å²) in [6.07, 6.45) is 2.84. The predicted octanol–water partition coefficient (Wildman–Crippen LogP) is 1.01. The summed E-state index contributed by atoms with van der Waals surface area (Å²) in [6.45, 7) is 0. The molecule has 1 aliphatic carbocycles. The molecule has 0 saturated heterocycles. The minimum absolute atomic E-state index is 0.00157. The van der Waals surface area contributed by atoms with Crippen molar-refractivity contribution in [1.29, 1.82) is 0 Å². The van der Waals surface area contributed by atoms with Gasteiger partial charge in [0.05, 0.1) is 12.7 Å². The lowest BCUT2D eigenvalue weighted by atomic mass is 10.1. The number of carbonyl (C=O) groups is 1. The van der Waals surface area contributed by atoms with Gasteiger partial charge in [-0.15, -0.1) is 0 Å². The van der Waals surface area contributed by atoms with Gasteiger partial charge in [0.15, 0.2) is 11.5 Å². The predicted molar refractivity (Wildman–Crippen MR) is 67.7 cm³/mol. The van der Waals surface area contributed by atoms with Crippen molar-refractivity contribution in [3.63, 3.8) is 0 Å². The van der Waals surface area contributed by atoms with Gasteiger partial charge in [-0.05, 0) is 31.4 Å². The third-order valence-corrected chi connectivity index (χ3v) is 3.35. The van der Waals surface area contributed by atoms with Crippen molar-refractivity contribution in [3.8, 4) is 11.5 Å². The van der Waals surface area contributed by atoms with Crippen LogP contribution < -0.4 is 15.8 Å². The Morgan fingerprint density at radius 2 is 2.28 bits per heavy atom. The zero-order valence-electron chi connectivity index (χ0n) is 10.3. The Morgan fingerprint density at radius 3 is 2.89 bits per heavy atom. The molecule has 1 amide bonds. The van der Waals surface area contributed by atoms with Crippen LogP contribution in [-0.2, 0) is 0 Å². The maximum atomic E-state index is 12.1. The second-order valence-corrected chi connectivity index (χ2v) is 4.53. The number of benzene rings is 1. The zero-order valence-corrected chi connectivity index (χ0v) is 10.3. The highest BCUT2D eigenvalue weighted by Gasteiger charge is 2.26. The smallest absolute Gasteiger partial charge is 0.255 e. The Balaban J connectivity index is 2.13. The third-order valence-electron chi connectivity index (χ3n) is 3.35. The van der Waals surface area contributed by atoms with E-state index in [4.69, 9.17) is 10.5 Å². The van der Waals surface area contributed by atoms with Gasteiger partial charge in [0.25, 0.3) is 5.91 Å². The molecule has 5 heteroatoms. The van der Waals surface area contributed by atoms with Crippen molar-refractivity contribution in [2.24, 2.45) is 5.73 Å². The number of para-hydroxylation sites is 1. The van der Waals surface area contributed by atoms with Gasteiger partial charge in [0, 0.05) is 12.1 Å². The number of amides is 1. The lowest BCUT2D eigenvalue weighted by Crippen LogP contribution is -2.43. The molecule has 2 unspecified atom stereocenters. The van der Waals surface area contributed by atoms with Crippen LogP contribution in [0.15, 0.2) is 18.2 Å². The highest BCUT2D eigenvalue weighted by atomic mass is 16.5. The number of rotatable bonds is 3. The lowest BCUT2D eigenvalue weighted by Gasteiger charge is -2.18. The van der Waals surface area contributed by atoms with Crippen LogP contribution in [0.25, 0.3) is 0 Å². The van der Waals surface area contributed by atoms with E-state index in [2.05, 4.69) is 5.32 Å². The van der Waals surface area contributed by atoms with Gasteiger partial charge in [0.1, 0.15) is 0 Å². The van der Waals surface area contributed by atoms with Gasteiger partial charge >= 0.3 is 0 Å². The third kappa shape index (κ3) is 2.41. The van der Waals surface area contributed by atoms with Gasteiger partial charge in [-0.1, -0.05) is 6.07 Å². The number of methoxy groups -OCH3 is 1. The Morgan fingerprint density at radius 1 is 1.50 bits per heavy atom. The highest BCUT2D eigenvalue weighted by Crippen LogP contribution is 2.29. The largest absolute Gasteiger partial charge is 0.504 e. The quantitative estimate of drug-likeness (QED) is 0.747. The van der Waals surface area contributed by atoms with E-state index in [1.165, 1.54) is 7.11 Å². The van der Waals surface area contributed by atoms with Crippen LogP contribution in [0.1, 0.15) is 29.6 Å². The molecule has 1 aliphatic rings. The fourth-order valence-corrected chi connectivity index (χ4v) is 2.28. The first-order chi connectivity index (χ1) is 8.63. The normalized spacial score (nSPS) is 22.8. The summed E-state index contributed by atoms with van der Waals surface area (Å²) in [6, 6.07) is 4.83. The molecule has 0 radical (unpaired) electrons. The van der Waals surface area contributed by atoms with Crippen LogP contribution in [0.3, 0.4) is 0 Å². The summed E-state index contributed by atoms with van der Waals surface area (Å²) in [5.74, 6) is -0.156. The first kappa shape index (κ1) is 12.7. The molecule has 0 aromatic heterocycles. The average molecular weight is 250 g/mol. The fourth-order valence-electron chi connectivity index (χ4n) is 2.28. The van der Waals surface area contributed by atoms with Crippen molar-refractivity contribution < 1.29 is 14.6 Å². The number of hydrogen-bond acceptors (Lipinski definition) is 4. The van der Waals surface area contributed by atoms with Crippen molar-refractivity contribution in [1.82, 2.24) is 5.32 Å². The summed E-state index contributed by atoms with van der Waals surface area (Å²) < 4.78 is 4.97. The monoisotopic (exact) mass is 250 g/mol. The topological polar surface area (TPSA) is 84.6 Å². The number of ether oxygens (including phenoxy) is 1. The molecule has 1 fully saturated rings. The van der Waals surface area contributed by atoms with Crippen LogP contribution in [0, 0.1) is 0 Å². The Hall–Kier alpha value is -1.75. The molecule has 4 N–H and O–H groups in total. The van der Waals surface area contributed by atoms with Crippen molar-refractivity contribution in [2.75, 3.05) is 7.11 Å². The molecule has 0 heterocycles. The summed E-state index contributed by atoms with van der Waals surface area (Å²) in [4.78, 5) is 12.1. The van der Waals surface area contributed by atoms with Crippen molar-refractivity contribution in [2.45, 2.75) is 31.3 Å². The molecule has 2 atom stereocenters. The molecule has 5 nitrogen and oxygen atoms in total. The standard InChI is InChI=1S/C13H18N2O3/c1-18-11-7-2-4-8(12(11)16)13(17)15-10-6-3-5-9(10)14/h2,4,7,9-10,16H,3,5-6,14H2,1H3,(H,15,17). The molecule has 0 spiro atoms. The second-order valence-electron chi connectivity index (χ2n) is 4.53. The minimum atomic E-state index is -0.311. The second kappa shape index (κ2) is 5.27. The number of aromatic hydroxyl groups is 1. The molecule has 1 saturated carbocycles. The fraction of sp³-hybridized carbons (Fsp3) is 0.462. The minimum Gasteiger partial charge on any atom is -0.504 e. The van der Waals surface area contributed by atoms with Gasteiger partial charge in [-0.3, -0.25) is 4.79 Å². The summed E-state index contributed by atoms with van der Waals surface area (Å²) >= 11 is 0. The maximum absolute atomic E-state index is 12.1. The number of phenols is 1. The average Bonchev–Trinajstić information content (AvgIpc) is 2.75. The van der Waals surface area contributed by atoms with Crippen LogP contribution >= 0.6 is 0 Å². The van der Waals surface area contributed by atoms with Crippen molar-refractivity contribution >= 4 is 5.91 Å². The number of nitrogens with one attached hydrogen (secondary N) is 1. The van der Waals surface area contributed by atoms with Crippen LogP contribution in [0.2, 0.25) is 0 Å². The van der Waals surface area contributed by atoms with Gasteiger partial charge < -0.3 is 20.9 Å². The molecule has 2 rings (SSSR count). The molecular weight excluding hydrogens is 232 g/mol. The van der Waals surface area contributed by atoms with E-state index < -0.39 is 0 Å². The Bertz CT molecular complexity index is 448.